The molecule has 1 N–H and O–H groups in total. The summed E-state index contributed by atoms with van der Waals surface area (Å²) in [5.41, 5.74) is 0.954. The van der Waals surface area contributed by atoms with Crippen LogP contribution in [-0.2, 0) is 0 Å². The Morgan fingerprint density at radius 1 is 1.24 bits per heavy atom. The number of nitrogens with zero attached hydrogens (tertiary/aromatic N) is 2. The minimum atomic E-state index is -0.360. The van der Waals surface area contributed by atoms with Crippen LogP contribution < -0.4 is 0 Å². The number of aromatic nitrogens is 2. The Labute approximate surface area is 105 Å². The zero-order chi connectivity index (χ0) is 12.7. The van der Waals surface area contributed by atoms with E-state index < -0.39 is 0 Å². The van der Waals surface area contributed by atoms with Crippen molar-refractivity contribution in [1.29, 1.82) is 0 Å². The molecule has 0 bridgehead atoms. The second-order valence-electron chi connectivity index (χ2n) is 5.01. The largest absolute Gasteiger partial charge is 0.387 e. The number of aliphatic hydroxyl groups excluding tert-OH is 1. The molecule has 0 saturated carbocycles. The lowest BCUT2D eigenvalue weighted by molar-refractivity contribution is 0.150. The molecule has 0 saturated heterocycles. The standard InChI is InChI=1S/C14H26N2O/c1-4-5-6-7-8-9-14(17)13-10-11-15-16(13)12(2)3/h10-12,14,17H,4-9H2,1-3H3. The molecule has 0 radical (unpaired) electrons. The molecule has 17 heavy (non-hydrogen) atoms. The van der Waals surface area contributed by atoms with Crippen molar-refractivity contribution in [2.24, 2.45) is 0 Å². The highest BCUT2D eigenvalue weighted by atomic mass is 16.3. The summed E-state index contributed by atoms with van der Waals surface area (Å²) in [5, 5.41) is 14.4. The lowest BCUT2D eigenvalue weighted by Gasteiger charge is -2.15. The summed E-state index contributed by atoms with van der Waals surface area (Å²) in [6.45, 7) is 6.39. The molecule has 0 spiro atoms. The smallest absolute Gasteiger partial charge is 0.0956 e. The van der Waals surface area contributed by atoms with E-state index >= 15 is 0 Å². The van der Waals surface area contributed by atoms with Crippen molar-refractivity contribution in [2.75, 3.05) is 0 Å². The lowest BCUT2D eigenvalue weighted by Crippen LogP contribution is -2.11. The van der Waals surface area contributed by atoms with Crippen molar-refractivity contribution in [3.8, 4) is 0 Å². The van der Waals surface area contributed by atoms with Gasteiger partial charge in [0.1, 0.15) is 0 Å². The van der Waals surface area contributed by atoms with E-state index in [1.54, 1.807) is 6.20 Å². The van der Waals surface area contributed by atoms with Gasteiger partial charge in [0.05, 0.1) is 11.8 Å². The molecule has 3 nitrogen and oxygen atoms in total. The van der Waals surface area contributed by atoms with Crippen LogP contribution in [0.2, 0.25) is 0 Å². The van der Waals surface area contributed by atoms with Gasteiger partial charge >= 0.3 is 0 Å². The quantitative estimate of drug-likeness (QED) is 0.698. The maximum Gasteiger partial charge on any atom is 0.0956 e. The van der Waals surface area contributed by atoms with Crippen LogP contribution in [0.1, 0.15) is 77.1 Å². The van der Waals surface area contributed by atoms with E-state index in [1.165, 1.54) is 25.7 Å². The average Bonchev–Trinajstić information content (AvgIpc) is 2.77. The maximum absolute atomic E-state index is 10.1. The Kier molecular flexibility index (Phi) is 6.27. The normalized spacial score (nSPS) is 13.2. The molecule has 0 aromatic carbocycles. The SMILES string of the molecule is CCCCCCCC(O)c1ccnn1C(C)C. The molecule has 0 amide bonds. The van der Waals surface area contributed by atoms with Crippen LogP contribution in [0.25, 0.3) is 0 Å². The van der Waals surface area contributed by atoms with Crippen molar-refractivity contribution in [3.05, 3.63) is 18.0 Å². The highest BCUT2D eigenvalue weighted by Crippen LogP contribution is 2.22. The zero-order valence-corrected chi connectivity index (χ0v) is 11.4. The molecule has 1 aromatic rings. The van der Waals surface area contributed by atoms with E-state index in [4.69, 9.17) is 0 Å². The summed E-state index contributed by atoms with van der Waals surface area (Å²) in [6, 6.07) is 2.24. The van der Waals surface area contributed by atoms with Gasteiger partial charge in [-0.1, -0.05) is 39.0 Å². The number of rotatable bonds is 8. The first-order chi connectivity index (χ1) is 8.16. The van der Waals surface area contributed by atoms with Crippen molar-refractivity contribution in [1.82, 2.24) is 9.78 Å². The van der Waals surface area contributed by atoms with Gasteiger partial charge in [0.2, 0.25) is 0 Å². The molecule has 0 aliphatic heterocycles. The van der Waals surface area contributed by atoms with Gasteiger partial charge in [0, 0.05) is 12.2 Å². The van der Waals surface area contributed by atoms with Gasteiger partial charge in [0.25, 0.3) is 0 Å². The van der Waals surface area contributed by atoms with Crippen LogP contribution in [-0.4, -0.2) is 14.9 Å². The third-order valence-corrected chi connectivity index (χ3v) is 3.11. The van der Waals surface area contributed by atoms with E-state index in [2.05, 4.69) is 25.9 Å². The molecular weight excluding hydrogens is 212 g/mol. The third-order valence-electron chi connectivity index (χ3n) is 3.11. The third kappa shape index (κ3) is 4.50. The number of unbranched alkanes of at least 4 members (excludes halogenated alkanes) is 4. The summed E-state index contributed by atoms with van der Waals surface area (Å²) >= 11 is 0. The minimum Gasteiger partial charge on any atom is -0.387 e. The first kappa shape index (κ1) is 14.2. The molecule has 98 valence electrons. The van der Waals surface area contributed by atoms with Gasteiger partial charge in [-0.2, -0.15) is 5.10 Å². The highest BCUT2D eigenvalue weighted by molar-refractivity contribution is 5.05. The molecule has 1 aromatic heterocycles. The van der Waals surface area contributed by atoms with Gasteiger partial charge < -0.3 is 5.11 Å². The highest BCUT2D eigenvalue weighted by Gasteiger charge is 2.14. The first-order valence-corrected chi connectivity index (χ1v) is 6.88. The molecule has 0 aliphatic carbocycles. The Morgan fingerprint density at radius 3 is 2.59 bits per heavy atom. The van der Waals surface area contributed by atoms with E-state index in [0.29, 0.717) is 6.04 Å². The van der Waals surface area contributed by atoms with E-state index in [0.717, 1.165) is 18.5 Å². The predicted molar refractivity (Wildman–Crippen MR) is 70.9 cm³/mol. The van der Waals surface area contributed by atoms with Crippen LogP contribution >= 0.6 is 0 Å². The van der Waals surface area contributed by atoms with E-state index in [-0.39, 0.29) is 6.10 Å². The number of hydrogen-bond acceptors (Lipinski definition) is 2. The first-order valence-electron chi connectivity index (χ1n) is 6.88. The maximum atomic E-state index is 10.1. The second-order valence-corrected chi connectivity index (χ2v) is 5.01. The fourth-order valence-electron chi connectivity index (χ4n) is 2.11. The number of hydrogen-bond donors (Lipinski definition) is 1. The van der Waals surface area contributed by atoms with Crippen LogP contribution in [0.15, 0.2) is 12.3 Å². The summed E-state index contributed by atoms with van der Waals surface area (Å²) in [7, 11) is 0. The minimum absolute atomic E-state index is 0.315. The molecule has 1 atom stereocenters. The topological polar surface area (TPSA) is 38.1 Å². The Morgan fingerprint density at radius 2 is 1.94 bits per heavy atom. The van der Waals surface area contributed by atoms with Gasteiger partial charge in [-0.15, -0.1) is 0 Å². The molecular formula is C14H26N2O. The van der Waals surface area contributed by atoms with E-state index in [1.807, 2.05) is 10.7 Å². The summed E-state index contributed by atoms with van der Waals surface area (Å²) in [5.74, 6) is 0. The summed E-state index contributed by atoms with van der Waals surface area (Å²) in [4.78, 5) is 0. The fraction of sp³-hybridized carbons (Fsp3) is 0.786. The van der Waals surface area contributed by atoms with Crippen LogP contribution in [0, 0.1) is 0 Å². The van der Waals surface area contributed by atoms with Gasteiger partial charge in [-0.05, 0) is 26.3 Å². The van der Waals surface area contributed by atoms with Gasteiger partial charge in [-0.3, -0.25) is 4.68 Å². The van der Waals surface area contributed by atoms with Crippen molar-refractivity contribution in [3.63, 3.8) is 0 Å². The fourth-order valence-corrected chi connectivity index (χ4v) is 2.11. The Bertz CT molecular complexity index is 307. The monoisotopic (exact) mass is 238 g/mol. The molecule has 1 heterocycles. The Hall–Kier alpha value is -0.830. The van der Waals surface area contributed by atoms with Crippen LogP contribution in [0.3, 0.4) is 0 Å². The Balaban J connectivity index is 2.36. The van der Waals surface area contributed by atoms with Gasteiger partial charge in [-0.25, -0.2) is 0 Å². The molecule has 1 unspecified atom stereocenters. The lowest BCUT2D eigenvalue weighted by atomic mass is 10.1. The molecule has 0 aliphatic rings. The summed E-state index contributed by atoms with van der Waals surface area (Å²) in [6.07, 6.45) is 8.44. The molecule has 3 heteroatoms. The van der Waals surface area contributed by atoms with Crippen molar-refractivity contribution >= 4 is 0 Å². The molecule has 1 rings (SSSR count). The summed E-state index contributed by atoms with van der Waals surface area (Å²) < 4.78 is 1.91. The second kappa shape index (κ2) is 7.49. The van der Waals surface area contributed by atoms with Crippen molar-refractivity contribution < 1.29 is 5.11 Å². The predicted octanol–water partition coefficient (Wildman–Crippen LogP) is 3.86. The van der Waals surface area contributed by atoms with Crippen LogP contribution in [0.4, 0.5) is 0 Å². The average molecular weight is 238 g/mol. The number of aliphatic hydroxyl groups is 1. The zero-order valence-electron chi connectivity index (χ0n) is 11.4. The molecule has 0 fully saturated rings. The van der Waals surface area contributed by atoms with E-state index in [9.17, 15) is 5.11 Å². The van der Waals surface area contributed by atoms with Crippen molar-refractivity contribution in [2.45, 2.75) is 71.4 Å². The van der Waals surface area contributed by atoms with Crippen LogP contribution in [0.5, 0.6) is 0 Å². The van der Waals surface area contributed by atoms with Gasteiger partial charge in [0.15, 0.2) is 0 Å².